The van der Waals surface area contributed by atoms with Crippen molar-refractivity contribution in [1.29, 1.82) is 0 Å². The molecular formula is C14H27N3O8. The van der Waals surface area contributed by atoms with Crippen molar-refractivity contribution in [3.05, 3.63) is 10.4 Å². The summed E-state index contributed by atoms with van der Waals surface area (Å²) in [5.74, 6) is -0.865. The SMILES string of the molecule is C[C@@H]1OC(C)(C)O[C@H]1[C@H](COC(O)C(O)C(O)C(O)CCO)N=[N+]=[N-]. The van der Waals surface area contributed by atoms with Gasteiger partial charge in [0.15, 0.2) is 12.1 Å². The summed E-state index contributed by atoms with van der Waals surface area (Å²) >= 11 is 0. The summed E-state index contributed by atoms with van der Waals surface area (Å²) in [6.07, 6.45) is -8.00. The first-order chi connectivity index (χ1) is 11.6. The number of nitrogens with zero attached hydrogens (tertiary/aromatic N) is 3. The van der Waals surface area contributed by atoms with Crippen LogP contribution in [0.5, 0.6) is 0 Å². The number of rotatable bonds is 10. The number of aliphatic hydroxyl groups is 5. The van der Waals surface area contributed by atoms with E-state index in [9.17, 15) is 20.4 Å². The summed E-state index contributed by atoms with van der Waals surface area (Å²) in [5, 5.41) is 51.1. The summed E-state index contributed by atoms with van der Waals surface area (Å²) in [4.78, 5) is 2.72. The standard InChI is InChI=1S/C14H27N3O8/c1-7-12(25-14(2,3)24-7)8(16-17-15)6-23-13(22)11(21)10(20)9(19)4-5-18/h7-13,18-22H,4-6H2,1-3H3/t7-,8-,9?,10?,11?,12+,13?/m0/s1. The highest BCUT2D eigenvalue weighted by Crippen LogP contribution is 2.31. The second kappa shape index (κ2) is 9.62. The van der Waals surface area contributed by atoms with Crippen molar-refractivity contribution in [1.82, 2.24) is 0 Å². The van der Waals surface area contributed by atoms with Crippen LogP contribution in [0.2, 0.25) is 0 Å². The van der Waals surface area contributed by atoms with Gasteiger partial charge in [-0.2, -0.15) is 0 Å². The average Bonchev–Trinajstić information content (AvgIpc) is 2.82. The fourth-order valence-electron chi connectivity index (χ4n) is 2.61. The molecule has 0 amide bonds. The van der Waals surface area contributed by atoms with Crippen molar-refractivity contribution < 1.29 is 39.7 Å². The van der Waals surface area contributed by atoms with Crippen molar-refractivity contribution in [2.24, 2.45) is 5.11 Å². The normalized spacial score (nSPS) is 28.6. The van der Waals surface area contributed by atoms with Gasteiger partial charge in [-0.15, -0.1) is 0 Å². The number of azide groups is 1. The molecule has 11 heteroatoms. The zero-order valence-electron chi connectivity index (χ0n) is 14.5. The van der Waals surface area contributed by atoms with Gasteiger partial charge in [-0.25, -0.2) is 0 Å². The predicted molar refractivity (Wildman–Crippen MR) is 84.1 cm³/mol. The molecule has 1 fully saturated rings. The topological polar surface area (TPSA) is 178 Å². The van der Waals surface area contributed by atoms with Crippen molar-refractivity contribution >= 4 is 0 Å². The van der Waals surface area contributed by atoms with E-state index in [1.165, 1.54) is 0 Å². The van der Waals surface area contributed by atoms with E-state index in [0.29, 0.717) is 0 Å². The summed E-state index contributed by atoms with van der Waals surface area (Å²) in [7, 11) is 0. The van der Waals surface area contributed by atoms with E-state index in [1.54, 1.807) is 20.8 Å². The zero-order chi connectivity index (χ0) is 19.2. The number of aliphatic hydroxyl groups excluding tert-OH is 5. The fourth-order valence-corrected chi connectivity index (χ4v) is 2.61. The highest BCUT2D eigenvalue weighted by molar-refractivity contribution is 4.89. The Morgan fingerprint density at radius 1 is 1.20 bits per heavy atom. The van der Waals surface area contributed by atoms with Gasteiger partial charge in [0.1, 0.15) is 12.2 Å². The predicted octanol–water partition coefficient (Wildman–Crippen LogP) is -0.995. The molecular weight excluding hydrogens is 338 g/mol. The van der Waals surface area contributed by atoms with E-state index in [2.05, 4.69) is 10.0 Å². The van der Waals surface area contributed by atoms with E-state index in [0.717, 1.165) is 0 Å². The average molecular weight is 365 g/mol. The van der Waals surface area contributed by atoms with Crippen LogP contribution in [0.4, 0.5) is 0 Å². The van der Waals surface area contributed by atoms with Gasteiger partial charge in [-0.05, 0) is 32.7 Å². The number of hydrogen-bond donors (Lipinski definition) is 5. The van der Waals surface area contributed by atoms with Crippen LogP contribution in [0.25, 0.3) is 10.4 Å². The number of ether oxygens (including phenoxy) is 3. The molecule has 1 rings (SSSR count). The minimum absolute atomic E-state index is 0.174. The molecule has 0 spiro atoms. The van der Waals surface area contributed by atoms with E-state index >= 15 is 0 Å². The molecule has 5 N–H and O–H groups in total. The molecule has 1 heterocycles. The molecule has 0 aromatic heterocycles. The van der Waals surface area contributed by atoms with Crippen molar-refractivity contribution in [2.75, 3.05) is 13.2 Å². The highest BCUT2D eigenvalue weighted by Gasteiger charge is 2.43. The molecule has 0 aromatic rings. The van der Waals surface area contributed by atoms with Gasteiger partial charge in [-0.1, -0.05) is 5.11 Å². The molecule has 0 radical (unpaired) electrons. The third kappa shape index (κ3) is 6.33. The molecule has 4 unspecified atom stereocenters. The quantitative estimate of drug-likeness (QED) is 0.142. The minimum Gasteiger partial charge on any atom is -0.396 e. The molecule has 1 aliphatic rings. The smallest absolute Gasteiger partial charge is 0.183 e. The van der Waals surface area contributed by atoms with E-state index in [1.807, 2.05) is 0 Å². The fraction of sp³-hybridized carbons (Fsp3) is 1.00. The lowest BCUT2D eigenvalue weighted by atomic mass is 10.1. The van der Waals surface area contributed by atoms with E-state index in [4.69, 9.17) is 24.8 Å². The van der Waals surface area contributed by atoms with Crippen LogP contribution in [0, 0.1) is 0 Å². The van der Waals surface area contributed by atoms with Gasteiger partial charge in [-0.3, -0.25) is 0 Å². The Morgan fingerprint density at radius 3 is 2.32 bits per heavy atom. The molecule has 146 valence electrons. The monoisotopic (exact) mass is 365 g/mol. The van der Waals surface area contributed by atoms with Gasteiger partial charge in [0.25, 0.3) is 0 Å². The van der Waals surface area contributed by atoms with Crippen LogP contribution < -0.4 is 0 Å². The maximum atomic E-state index is 9.82. The van der Waals surface area contributed by atoms with Crippen molar-refractivity contribution in [3.8, 4) is 0 Å². The second-order valence-electron chi connectivity index (χ2n) is 6.36. The first-order valence-electron chi connectivity index (χ1n) is 7.97. The highest BCUT2D eigenvalue weighted by atomic mass is 16.8. The minimum atomic E-state index is -1.84. The molecule has 0 bridgehead atoms. The Kier molecular flexibility index (Phi) is 8.48. The first-order valence-corrected chi connectivity index (χ1v) is 7.97. The van der Waals surface area contributed by atoms with Crippen LogP contribution >= 0.6 is 0 Å². The van der Waals surface area contributed by atoms with Crippen LogP contribution in [0.1, 0.15) is 27.2 Å². The van der Waals surface area contributed by atoms with Gasteiger partial charge in [0.2, 0.25) is 0 Å². The molecule has 0 saturated carbocycles. The Morgan fingerprint density at radius 2 is 1.84 bits per heavy atom. The van der Waals surface area contributed by atoms with E-state index < -0.39 is 55.2 Å². The second-order valence-corrected chi connectivity index (χ2v) is 6.36. The Hall–Kier alpha value is -1.01. The third-order valence-electron chi connectivity index (χ3n) is 3.83. The lowest BCUT2D eigenvalue weighted by molar-refractivity contribution is -0.208. The van der Waals surface area contributed by atoms with Crippen LogP contribution in [0.15, 0.2) is 5.11 Å². The maximum absolute atomic E-state index is 9.82. The first kappa shape index (κ1) is 22.0. The summed E-state index contributed by atoms with van der Waals surface area (Å²) in [6, 6.07) is -0.844. The lowest BCUT2D eigenvalue weighted by Crippen LogP contribution is -2.47. The maximum Gasteiger partial charge on any atom is 0.183 e. The zero-order valence-corrected chi connectivity index (χ0v) is 14.5. The van der Waals surface area contributed by atoms with Gasteiger partial charge >= 0.3 is 0 Å². The molecule has 0 aliphatic carbocycles. The molecule has 7 atom stereocenters. The molecule has 11 nitrogen and oxygen atoms in total. The van der Waals surface area contributed by atoms with Crippen LogP contribution in [0.3, 0.4) is 0 Å². The van der Waals surface area contributed by atoms with Crippen LogP contribution in [-0.2, 0) is 14.2 Å². The molecule has 25 heavy (non-hydrogen) atoms. The molecule has 0 aromatic carbocycles. The Labute approximate surface area is 145 Å². The Bertz CT molecular complexity index is 459. The Balaban J connectivity index is 2.64. The molecule has 1 aliphatic heterocycles. The van der Waals surface area contributed by atoms with Gasteiger partial charge < -0.3 is 39.7 Å². The molecule has 1 saturated heterocycles. The van der Waals surface area contributed by atoms with E-state index in [-0.39, 0.29) is 13.0 Å². The largest absolute Gasteiger partial charge is 0.396 e. The van der Waals surface area contributed by atoms with Gasteiger partial charge in [0, 0.05) is 11.5 Å². The lowest BCUT2D eigenvalue weighted by Gasteiger charge is -2.28. The summed E-state index contributed by atoms with van der Waals surface area (Å²) in [6.45, 7) is 4.44. The van der Waals surface area contributed by atoms with Crippen LogP contribution in [-0.4, -0.2) is 87.4 Å². The third-order valence-corrected chi connectivity index (χ3v) is 3.83. The van der Waals surface area contributed by atoms with Crippen molar-refractivity contribution in [2.45, 2.75) is 75.8 Å². The van der Waals surface area contributed by atoms with Crippen molar-refractivity contribution in [3.63, 3.8) is 0 Å². The summed E-state index contributed by atoms with van der Waals surface area (Å²) < 4.78 is 16.3. The number of hydrogen-bond acceptors (Lipinski definition) is 9. The van der Waals surface area contributed by atoms with Gasteiger partial charge in [0.05, 0.1) is 31.0 Å². The summed E-state index contributed by atoms with van der Waals surface area (Å²) in [5.41, 5.74) is 8.71.